The first-order valence-electron chi connectivity index (χ1n) is 11.0. The number of methoxy groups -OCH3 is 3. The Morgan fingerprint density at radius 3 is 2.24 bits per heavy atom. The van der Waals surface area contributed by atoms with Crippen molar-refractivity contribution < 1.29 is 47.7 Å². The topological polar surface area (TPSA) is 156 Å². The molecule has 2 rings (SSSR count). The molecule has 2 atom stereocenters. The maximum absolute atomic E-state index is 13.5. The maximum atomic E-state index is 13.5. The second kappa shape index (κ2) is 13.0. The first kappa shape index (κ1) is 29.5. The summed E-state index contributed by atoms with van der Waals surface area (Å²) >= 11 is 0.997. The highest BCUT2D eigenvalue weighted by molar-refractivity contribution is 8.14. The van der Waals surface area contributed by atoms with Gasteiger partial charge in [0.2, 0.25) is 0 Å². The van der Waals surface area contributed by atoms with Gasteiger partial charge in [-0.15, -0.1) is 11.8 Å². The van der Waals surface area contributed by atoms with Gasteiger partial charge in [-0.1, -0.05) is 12.1 Å². The Labute approximate surface area is 217 Å². The zero-order valence-corrected chi connectivity index (χ0v) is 22.1. The lowest BCUT2D eigenvalue weighted by atomic mass is 10.1. The molecular weight excluding hydrogens is 508 g/mol. The van der Waals surface area contributed by atoms with Crippen LogP contribution >= 0.6 is 11.8 Å². The molecule has 1 heterocycles. The van der Waals surface area contributed by atoms with Crippen molar-refractivity contribution in [1.82, 2.24) is 5.32 Å². The van der Waals surface area contributed by atoms with Crippen LogP contribution in [0.5, 0.6) is 0 Å². The Morgan fingerprint density at radius 2 is 1.68 bits per heavy atom. The molecule has 13 heteroatoms. The van der Waals surface area contributed by atoms with Crippen LogP contribution in [0.3, 0.4) is 0 Å². The Morgan fingerprint density at radius 1 is 1.05 bits per heavy atom. The summed E-state index contributed by atoms with van der Waals surface area (Å²) in [5.74, 6) is -4.32. The minimum atomic E-state index is -2.41. The molecule has 1 aromatic carbocycles. The highest BCUT2D eigenvalue weighted by Gasteiger charge is 2.50. The van der Waals surface area contributed by atoms with Crippen LogP contribution in [0, 0.1) is 0 Å². The van der Waals surface area contributed by atoms with E-state index in [1.54, 1.807) is 13.8 Å². The number of carbonyl (C=O) groups excluding carboxylic acids is 5. The number of rotatable bonds is 10. The summed E-state index contributed by atoms with van der Waals surface area (Å²) in [5.41, 5.74) is -2.16. The number of nitrogens with one attached hydrogen (secondary N) is 1. The van der Waals surface area contributed by atoms with Gasteiger partial charge in [0, 0.05) is 12.9 Å². The number of thioether (sulfide) groups is 1. The zero-order chi connectivity index (χ0) is 27.8. The number of hydrogen-bond donors (Lipinski definition) is 1. The van der Waals surface area contributed by atoms with Crippen LogP contribution in [0.2, 0.25) is 0 Å². The zero-order valence-electron chi connectivity index (χ0n) is 21.2. The number of esters is 4. The Bertz CT molecular complexity index is 1150. The summed E-state index contributed by atoms with van der Waals surface area (Å²) in [7, 11) is 3.43. The van der Waals surface area contributed by atoms with E-state index in [9.17, 15) is 24.0 Å². The monoisotopic (exact) mass is 536 g/mol. The predicted octanol–water partition coefficient (Wildman–Crippen LogP) is 1.63. The standard InChI is InChI=1S/C24H28N2O10S/c1-7-35-19(28)14(3)36-23(31)24(34-6,22-25-17(21(30)33-5)13(2)12-37-22)26-18(27)15-10-8-9-11-16(15)20(29)32-4/h8-11,14H,7,12H2,1-6H3,(H,26,27)/t14-,24-/m0/s1. The summed E-state index contributed by atoms with van der Waals surface area (Å²) < 4.78 is 25.2. The normalized spacial score (nSPS) is 15.5. The van der Waals surface area contributed by atoms with Crippen molar-refractivity contribution in [3.63, 3.8) is 0 Å². The molecular formula is C24H28N2O10S. The highest BCUT2D eigenvalue weighted by atomic mass is 32.2. The van der Waals surface area contributed by atoms with Crippen molar-refractivity contribution in [2.24, 2.45) is 4.99 Å². The van der Waals surface area contributed by atoms with E-state index < -0.39 is 41.6 Å². The molecule has 0 radical (unpaired) electrons. The summed E-state index contributed by atoms with van der Waals surface area (Å²) in [5, 5.41) is 2.27. The van der Waals surface area contributed by atoms with E-state index in [4.69, 9.17) is 23.7 Å². The number of ether oxygens (including phenoxy) is 5. The molecule has 200 valence electrons. The Hall–Kier alpha value is -3.71. The summed E-state index contributed by atoms with van der Waals surface area (Å²) in [6.45, 7) is 4.57. The average molecular weight is 537 g/mol. The number of nitrogens with zero attached hydrogens (tertiary/aromatic N) is 1. The molecule has 0 fully saturated rings. The summed E-state index contributed by atoms with van der Waals surface area (Å²) in [4.78, 5) is 67.8. The van der Waals surface area contributed by atoms with Crippen molar-refractivity contribution in [3.05, 3.63) is 46.7 Å². The number of aliphatic imine (C=N–C) groups is 1. The van der Waals surface area contributed by atoms with Crippen LogP contribution in [0.15, 0.2) is 40.5 Å². The minimum absolute atomic E-state index is 0.0479. The van der Waals surface area contributed by atoms with Crippen LogP contribution in [-0.2, 0) is 38.1 Å². The maximum Gasteiger partial charge on any atom is 0.368 e. The minimum Gasteiger partial charge on any atom is -0.465 e. The molecule has 0 unspecified atom stereocenters. The van der Waals surface area contributed by atoms with E-state index in [2.05, 4.69) is 10.3 Å². The molecule has 0 bridgehead atoms. The third-order valence-electron chi connectivity index (χ3n) is 5.09. The van der Waals surface area contributed by atoms with Gasteiger partial charge >= 0.3 is 23.9 Å². The second-order valence-corrected chi connectivity index (χ2v) is 8.47. The molecule has 0 aromatic heterocycles. The molecule has 1 aromatic rings. The van der Waals surface area contributed by atoms with Gasteiger partial charge in [-0.25, -0.2) is 24.2 Å². The van der Waals surface area contributed by atoms with Gasteiger partial charge in [-0.05, 0) is 38.5 Å². The third kappa shape index (κ3) is 6.54. The Kier molecular flexibility index (Phi) is 10.4. The van der Waals surface area contributed by atoms with Gasteiger partial charge in [-0.2, -0.15) is 0 Å². The quantitative estimate of drug-likeness (QED) is 0.263. The van der Waals surface area contributed by atoms with E-state index >= 15 is 0 Å². The molecule has 1 amide bonds. The predicted molar refractivity (Wildman–Crippen MR) is 132 cm³/mol. The molecule has 0 spiro atoms. The molecule has 1 aliphatic heterocycles. The van der Waals surface area contributed by atoms with Gasteiger partial charge in [-0.3, -0.25) is 4.79 Å². The first-order valence-corrected chi connectivity index (χ1v) is 12.0. The summed E-state index contributed by atoms with van der Waals surface area (Å²) in [6.07, 6.45) is -1.37. The van der Waals surface area contributed by atoms with E-state index in [1.165, 1.54) is 38.3 Å². The van der Waals surface area contributed by atoms with E-state index in [0.717, 1.165) is 26.0 Å². The molecule has 0 saturated heterocycles. The molecule has 0 aliphatic carbocycles. The average Bonchev–Trinajstić information content (AvgIpc) is 2.91. The lowest BCUT2D eigenvalue weighted by Crippen LogP contribution is -2.62. The fourth-order valence-corrected chi connectivity index (χ4v) is 4.20. The number of carbonyl (C=O) groups is 5. The van der Waals surface area contributed by atoms with Crippen molar-refractivity contribution in [2.45, 2.75) is 32.6 Å². The van der Waals surface area contributed by atoms with Gasteiger partial charge in [0.25, 0.3) is 11.6 Å². The second-order valence-electron chi connectivity index (χ2n) is 7.50. The fraction of sp³-hybridized carbons (Fsp3) is 0.417. The van der Waals surface area contributed by atoms with Crippen LogP contribution in [0.4, 0.5) is 0 Å². The fourth-order valence-electron chi connectivity index (χ4n) is 3.13. The molecule has 37 heavy (non-hydrogen) atoms. The van der Waals surface area contributed by atoms with Crippen molar-refractivity contribution in [3.8, 4) is 0 Å². The lowest BCUT2D eigenvalue weighted by Gasteiger charge is -2.33. The molecule has 0 saturated carbocycles. The lowest BCUT2D eigenvalue weighted by molar-refractivity contribution is -0.177. The van der Waals surface area contributed by atoms with Gasteiger partial charge in [0.1, 0.15) is 10.7 Å². The van der Waals surface area contributed by atoms with E-state index in [-0.39, 0.29) is 34.2 Å². The van der Waals surface area contributed by atoms with Crippen LogP contribution in [-0.4, -0.2) is 80.3 Å². The molecule has 12 nitrogen and oxygen atoms in total. The van der Waals surface area contributed by atoms with Crippen LogP contribution in [0.1, 0.15) is 41.5 Å². The number of hydrogen-bond acceptors (Lipinski definition) is 12. The van der Waals surface area contributed by atoms with Crippen LogP contribution < -0.4 is 5.32 Å². The SMILES string of the molecule is CCOC(=O)[C@H](C)OC(=O)[C@@](NC(=O)c1ccccc1C(=O)OC)(OC)C1=NC(C(=O)OC)=C(C)CS1. The van der Waals surface area contributed by atoms with Crippen molar-refractivity contribution in [1.29, 1.82) is 0 Å². The largest absolute Gasteiger partial charge is 0.465 e. The number of benzene rings is 1. The van der Waals surface area contributed by atoms with Gasteiger partial charge in [0.05, 0.1) is 32.0 Å². The van der Waals surface area contributed by atoms with Crippen molar-refractivity contribution >= 4 is 46.6 Å². The van der Waals surface area contributed by atoms with Crippen LogP contribution in [0.25, 0.3) is 0 Å². The molecule has 1 N–H and O–H groups in total. The summed E-state index contributed by atoms with van der Waals surface area (Å²) in [6, 6.07) is 5.74. The van der Waals surface area contributed by atoms with E-state index in [0.29, 0.717) is 5.57 Å². The third-order valence-corrected chi connectivity index (χ3v) is 6.31. The first-order chi connectivity index (χ1) is 17.6. The molecule has 1 aliphatic rings. The smallest absolute Gasteiger partial charge is 0.368 e. The highest BCUT2D eigenvalue weighted by Crippen LogP contribution is 2.31. The van der Waals surface area contributed by atoms with Crippen molar-refractivity contribution in [2.75, 3.05) is 33.7 Å². The Balaban J connectivity index is 2.62. The van der Waals surface area contributed by atoms with E-state index in [1.807, 2.05) is 0 Å². The number of amides is 1. The van der Waals surface area contributed by atoms with Gasteiger partial charge in [0.15, 0.2) is 6.10 Å². The van der Waals surface area contributed by atoms with Gasteiger partial charge < -0.3 is 29.0 Å².